The summed E-state index contributed by atoms with van der Waals surface area (Å²) in [7, 11) is 0. The molecule has 2 aliphatic rings. The number of halogens is 2. The molecule has 106 valence electrons. The maximum atomic E-state index is 14.1. The molecular formula is C14H14BrFN2O2. The Labute approximate surface area is 124 Å². The molecule has 1 aromatic carbocycles. The topological polar surface area (TPSA) is 49.4 Å². The van der Waals surface area contributed by atoms with Gasteiger partial charge in [0.25, 0.3) is 0 Å². The van der Waals surface area contributed by atoms with Crippen LogP contribution >= 0.6 is 15.9 Å². The van der Waals surface area contributed by atoms with Crippen LogP contribution in [0.5, 0.6) is 0 Å². The van der Waals surface area contributed by atoms with Gasteiger partial charge in [-0.05, 0) is 46.8 Å². The average Bonchev–Trinajstić information content (AvgIpc) is 3.22. The van der Waals surface area contributed by atoms with Gasteiger partial charge in [0.05, 0.1) is 5.69 Å². The lowest BCUT2D eigenvalue weighted by Gasteiger charge is -2.25. The minimum atomic E-state index is -0.517. The van der Waals surface area contributed by atoms with Gasteiger partial charge in [-0.3, -0.25) is 9.59 Å². The third kappa shape index (κ3) is 2.44. The van der Waals surface area contributed by atoms with Crippen molar-refractivity contribution >= 4 is 33.4 Å². The second kappa shape index (κ2) is 5.16. The molecule has 1 saturated heterocycles. The van der Waals surface area contributed by atoms with Crippen molar-refractivity contribution in [2.45, 2.75) is 25.3 Å². The molecular weight excluding hydrogens is 327 g/mol. The number of hydrogen-bond donors (Lipinski definition) is 1. The lowest BCUT2D eigenvalue weighted by atomic mass is 10.1. The van der Waals surface area contributed by atoms with E-state index in [4.69, 9.17) is 0 Å². The van der Waals surface area contributed by atoms with E-state index in [1.807, 2.05) is 0 Å². The van der Waals surface area contributed by atoms with Gasteiger partial charge in [0, 0.05) is 17.4 Å². The SMILES string of the molecule is O=C1CCN(c2c(F)cccc2Br)C(=O)C(C2CC2)N1. The van der Waals surface area contributed by atoms with Crippen LogP contribution in [0.15, 0.2) is 22.7 Å². The summed E-state index contributed by atoms with van der Waals surface area (Å²) in [4.78, 5) is 25.7. The molecule has 0 bridgehead atoms. The summed E-state index contributed by atoms with van der Waals surface area (Å²) in [6, 6.07) is 4.07. The van der Waals surface area contributed by atoms with Crippen LogP contribution in [0.25, 0.3) is 0 Å². The summed E-state index contributed by atoms with van der Waals surface area (Å²) in [6.45, 7) is 0.202. The van der Waals surface area contributed by atoms with Gasteiger partial charge in [-0.2, -0.15) is 0 Å². The van der Waals surface area contributed by atoms with Crippen LogP contribution in [0, 0.1) is 11.7 Å². The number of hydrogen-bond acceptors (Lipinski definition) is 2. The summed E-state index contributed by atoms with van der Waals surface area (Å²) < 4.78 is 14.6. The summed E-state index contributed by atoms with van der Waals surface area (Å²) in [5.41, 5.74) is 0.222. The second-order valence-corrected chi connectivity index (χ2v) is 6.05. The van der Waals surface area contributed by atoms with Crippen molar-refractivity contribution in [3.05, 3.63) is 28.5 Å². The molecule has 6 heteroatoms. The molecule has 0 spiro atoms. The first-order valence-electron chi connectivity index (χ1n) is 6.62. The highest BCUT2D eigenvalue weighted by atomic mass is 79.9. The average molecular weight is 341 g/mol. The van der Waals surface area contributed by atoms with E-state index in [2.05, 4.69) is 21.2 Å². The van der Waals surface area contributed by atoms with Crippen molar-refractivity contribution in [2.75, 3.05) is 11.4 Å². The zero-order chi connectivity index (χ0) is 14.3. The fourth-order valence-electron chi connectivity index (χ4n) is 2.52. The number of rotatable bonds is 2. The molecule has 1 aliphatic heterocycles. The zero-order valence-corrected chi connectivity index (χ0v) is 12.3. The first kappa shape index (κ1) is 13.5. The van der Waals surface area contributed by atoms with Gasteiger partial charge in [-0.25, -0.2) is 4.39 Å². The predicted octanol–water partition coefficient (Wildman–Crippen LogP) is 2.22. The number of carbonyl (C=O) groups is 2. The number of para-hydroxylation sites is 1. The Kier molecular flexibility index (Phi) is 3.50. The zero-order valence-electron chi connectivity index (χ0n) is 10.7. The highest BCUT2D eigenvalue weighted by molar-refractivity contribution is 9.10. The Morgan fingerprint density at radius 3 is 2.70 bits per heavy atom. The molecule has 1 heterocycles. The number of amides is 2. The first-order valence-corrected chi connectivity index (χ1v) is 7.42. The first-order chi connectivity index (χ1) is 9.58. The van der Waals surface area contributed by atoms with E-state index in [1.165, 1.54) is 11.0 Å². The van der Waals surface area contributed by atoms with Crippen molar-refractivity contribution in [3.63, 3.8) is 0 Å². The molecule has 1 aliphatic carbocycles. The van der Waals surface area contributed by atoms with Crippen molar-refractivity contribution in [3.8, 4) is 0 Å². The van der Waals surface area contributed by atoms with Crippen LogP contribution in [0.4, 0.5) is 10.1 Å². The number of anilines is 1. The van der Waals surface area contributed by atoms with Crippen LogP contribution in [-0.4, -0.2) is 24.4 Å². The van der Waals surface area contributed by atoms with Gasteiger partial charge in [0.2, 0.25) is 11.8 Å². The highest BCUT2D eigenvalue weighted by Crippen LogP contribution is 2.37. The predicted molar refractivity (Wildman–Crippen MR) is 75.7 cm³/mol. The molecule has 2 amide bonds. The standard InChI is InChI=1S/C14H14BrFN2O2/c15-9-2-1-3-10(16)13(9)18-7-6-11(19)17-12(14(18)20)8-4-5-8/h1-3,8,12H,4-7H2,(H,17,19). The van der Waals surface area contributed by atoms with E-state index in [9.17, 15) is 14.0 Å². The number of benzene rings is 1. The molecule has 1 saturated carbocycles. The van der Waals surface area contributed by atoms with Gasteiger partial charge in [-0.15, -0.1) is 0 Å². The smallest absolute Gasteiger partial charge is 0.249 e. The van der Waals surface area contributed by atoms with Crippen molar-refractivity contribution in [2.24, 2.45) is 5.92 Å². The minimum Gasteiger partial charge on any atom is -0.344 e. The Hall–Kier alpha value is -1.43. The van der Waals surface area contributed by atoms with Crippen LogP contribution in [-0.2, 0) is 9.59 Å². The van der Waals surface area contributed by atoms with Crippen LogP contribution < -0.4 is 10.2 Å². The van der Waals surface area contributed by atoms with Gasteiger partial charge < -0.3 is 10.2 Å². The van der Waals surface area contributed by atoms with E-state index >= 15 is 0 Å². The van der Waals surface area contributed by atoms with E-state index in [-0.39, 0.29) is 36.4 Å². The number of nitrogens with one attached hydrogen (secondary N) is 1. The minimum absolute atomic E-state index is 0.148. The second-order valence-electron chi connectivity index (χ2n) is 5.19. The molecule has 0 aromatic heterocycles. The van der Waals surface area contributed by atoms with Gasteiger partial charge in [0.1, 0.15) is 11.9 Å². The fraction of sp³-hybridized carbons (Fsp3) is 0.429. The quantitative estimate of drug-likeness (QED) is 0.897. The molecule has 1 atom stereocenters. The summed E-state index contributed by atoms with van der Waals surface area (Å²) >= 11 is 3.28. The maximum absolute atomic E-state index is 14.1. The van der Waals surface area contributed by atoms with Crippen molar-refractivity contribution in [1.29, 1.82) is 0 Å². The van der Waals surface area contributed by atoms with Crippen LogP contribution in [0.1, 0.15) is 19.3 Å². The third-order valence-electron chi connectivity index (χ3n) is 3.71. The molecule has 4 nitrogen and oxygen atoms in total. The molecule has 1 unspecified atom stereocenters. The van der Waals surface area contributed by atoms with Crippen molar-refractivity contribution < 1.29 is 14.0 Å². The van der Waals surface area contributed by atoms with E-state index in [0.717, 1.165) is 12.8 Å². The van der Waals surface area contributed by atoms with Crippen LogP contribution in [0.2, 0.25) is 0 Å². The van der Waals surface area contributed by atoms with Gasteiger partial charge in [-0.1, -0.05) is 6.07 Å². The number of carbonyl (C=O) groups excluding carboxylic acids is 2. The Morgan fingerprint density at radius 1 is 1.30 bits per heavy atom. The lowest BCUT2D eigenvalue weighted by molar-refractivity contribution is -0.126. The molecule has 0 radical (unpaired) electrons. The van der Waals surface area contributed by atoms with E-state index < -0.39 is 11.9 Å². The Bertz CT molecular complexity index is 554. The molecule has 20 heavy (non-hydrogen) atoms. The normalized spacial score (nSPS) is 23.5. The summed E-state index contributed by atoms with van der Waals surface area (Å²) in [6.07, 6.45) is 2.06. The Morgan fingerprint density at radius 2 is 2.05 bits per heavy atom. The fourth-order valence-corrected chi connectivity index (χ4v) is 3.07. The third-order valence-corrected chi connectivity index (χ3v) is 4.35. The molecule has 1 aromatic rings. The van der Waals surface area contributed by atoms with E-state index in [1.54, 1.807) is 12.1 Å². The lowest BCUT2D eigenvalue weighted by Crippen LogP contribution is -2.46. The van der Waals surface area contributed by atoms with E-state index in [0.29, 0.717) is 4.47 Å². The maximum Gasteiger partial charge on any atom is 0.249 e. The monoisotopic (exact) mass is 340 g/mol. The Balaban J connectivity index is 1.98. The van der Waals surface area contributed by atoms with Gasteiger partial charge >= 0.3 is 0 Å². The largest absolute Gasteiger partial charge is 0.344 e. The molecule has 1 N–H and O–H groups in total. The number of nitrogens with zero attached hydrogens (tertiary/aromatic N) is 1. The highest BCUT2D eigenvalue weighted by Gasteiger charge is 2.42. The summed E-state index contributed by atoms with van der Waals surface area (Å²) in [5, 5.41) is 2.76. The molecule has 3 rings (SSSR count). The van der Waals surface area contributed by atoms with Gasteiger partial charge in [0.15, 0.2) is 0 Å². The van der Waals surface area contributed by atoms with Crippen LogP contribution in [0.3, 0.4) is 0 Å². The molecule has 2 fully saturated rings. The van der Waals surface area contributed by atoms with Crippen molar-refractivity contribution in [1.82, 2.24) is 5.32 Å². The summed E-state index contributed by atoms with van der Waals surface area (Å²) in [5.74, 6) is -0.636.